The monoisotopic (exact) mass is 233 g/mol. The van der Waals surface area contributed by atoms with E-state index >= 15 is 0 Å². The average Bonchev–Trinajstić information content (AvgIpc) is 2.68. The summed E-state index contributed by atoms with van der Waals surface area (Å²) in [7, 11) is 0. The number of nitrogens with zero attached hydrogens (tertiary/aromatic N) is 1. The summed E-state index contributed by atoms with van der Waals surface area (Å²) in [4.78, 5) is 16.0. The molecule has 0 bridgehead atoms. The highest BCUT2D eigenvalue weighted by Crippen LogP contribution is 2.30. The second kappa shape index (κ2) is 4.84. The quantitative estimate of drug-likeness (QED) is 0.839. The first-order chi connectivity index (χ1) is 8.09. The van der Waals surface area contributed by atoms with Gasteiger partial charge in [0.1, 0.15) is 5.82 Å². The van der Waals surface area contributed by atoms with E-state index in [4.69, 9.17) is 5.73 Å². The molecule has 17 heavy (non-hydrogen) atoms. The highest BCUT2D eigenvalue weighted by molar-refractivity contribution is 5.91. The molecule has 2 rings (SSSR count). The maximum absolute atomic E-state index is 11.9. The standard InChI is InChI=1S/C13H19N3O/c1-10-5-4-8-15-12(10)16-11(17)9-13(14)6-2-3-7-13/h4-5,8H,2-3,6-7,9,14H2,1H3,(H,15,16,17). The minimum Gasteiger partial charge on any atom is -0.325 e. The second-order valence-electron chi connectivity index (χ2n) is 4.96. The van der Waals surface area contributed by atoms with Crippen molar-refractivity contribution in [2.24, 2.45) is 5.73 Å². The lowest BCUT2D eigenvalue weighted by atomic mass is 9.94. The van der Waals surface area contributed by atoms with Gasteiger partial charge in [-0.3, -0.25) is 4.79 Å². The minimum absolute atomic E-state index is 0.0313. The first kappa shape index (κ1) is 12.0. The van der Waals surface area contributed by atoms with Crippen molar-refractivity contribution in [2.75, 3.05) is 5.32 Å². The van der Waals surface area contributed by atoms with Gasteiger partial charge in [0, 0.05) is 18.2 Å². The van der Waals surface area contributed by atoms with Crippen LogP contribution in [0.1, 0.15) is 37.7 Å². The number of carbonyl (C=O) groups is 1. The summed E-state index contributed by atoms with van der Waals surface area (Å²) in [6, 6.07) is 3.78. The van der Waals surface area contributed by atoms with Crippen molar-refractivity contribution < 1.29 is 4.79 Å². The number of carbonyl (C=O) groups excluding carboxylic acids is 1. The van der Waals surface area contributed by atoms with Gasteiger partial charge in [-0.2, -0.15) is 0 Å². The fraction of sp³-hybridized carbons (Fsp3) is 0.538. The van der Waals surface area contributed by atoms with E-state index in [1.54, 1.807) is 6.20 Å². The van der Waals surface area contributed by atoms with Gasteiger partial charge < -0.3 is 11.1 Å². The molecular formula is C13H19N3O. The Hall–Kier alpha value is -1.42. The zero-order valence-corrected chi connectivity index (χ0v) is 10.2. The Labute approximate surface area is 102 Å². The van der Waals surface area contributed by atoms with Crippen LogP contribution in [0.2, 0.25) is 0 Å². The van der Waals surface area contributed by atoms with E-state index in [9.17, 15) is 4.79 Å². The normalized spacial score (nSPS) is 18.0. The molecule has 0 spiro atoms. The lowest BCUT2D eigenvalue weighted by molar-refractivity contribution is -0.117. The number of amides is 1. The van der Waals surface area contributed by atoms with Crippen LogP contribution in [-0.2, 0) is 4.79 Å². The Kier molecular flexibility index (Phi) is 3.43. The molecule has 0 aliphatic heterocycles. The molecule has 0 atom stereocenters. The van der Waals surface area contributed by atoms with E-state index in [1.807, 2.05) is 19.1 Å². The van der Waals surface area contributed by atoms with Gasteiger partial charge in [-0.05, 0) is 31.4 Å². The third-order valence-electron chi connectivity index (χ3n) is 3.38. The van der Waals surface area contributed by atoms with Crippen LogP contribution in [0.4, 0.5) is 5.82 Å². The molecule has 3 N–H and O–H groups in total. The zero-order chi connectivity index (χ0) is 12.3. The van der Waals surface area contributed by atoms with E-state index in [0.717, 1.165) is 31.2 Å². The predicted octanol–water partition coefficient (Wildman–Crippen LogP) is 1.99. The molecule has 0 radical (unpaired) electrons. The summed E-state index contributed by atoms with van der Waals surface area (Å²) in [5.74, 6) is 0.607. The van der Waals surface area contributed by atoms with Gasteiger partial charge in [-0.1, -0.05) is 18.9 Å². The number of aryl methyl sites for hydroxylation is 1. The number of nitrogens with two attached hydrogens (primary N) is 1. The fourth-order valence-electron chi connectivity index (χ4n) is 2.37. The van der Waals surface area contributed by atoms with Crippen LogP contribution >= 0.6 is 0 Å². The van der Waals surface area contributed by atoms with E-state index in [1.165, 1.54) is 0 Å². The number of hydrogen-bond acceptors (Lipinski definition) is 3. The van der Waals surface area contributed by atoms with Crippen LogP contribution in [0.15, 0.2) is 18.3 Å². The SMILES string of the molecule is Cc1cccnc1NC(=O)CC1(N)CCCC1. The lowest BCUT2D eigenvalue weighted by Crippen LogP contribution is -2.40. The highest BCUT2D eigenvalue weighted by Gasteiger charge is 2.31. The molecule has 1 aromatic heterocycles. The van der Waals surface area contributed by atoms with Gasteiger partial charge in [0.05, 0.1) is 0 Å². The summed E-state index contributed by atoms with van der Waals surface area (Å²) < 4.78 is 0. The van der Waals surface area contributed by atoms with Crippen LogP contribution in [0.3, 0.4) is 0 Å². The molecule has 1 amide bonds. The summed E-state index contributed by atoms with van der Waals surface area (Å²) in [6.07, 6.45) is 6.22. The molecule has 92 valence electrons. The maximum atomic E-state index is 11.9. The van der Waals surface area contributed by atoms with Crippen LogP contribution in [0.5, 0.6) is 0 Å². The Morgan fingerprint density at radius 2 is 2.24 bits per heavy atom. The summed E-state index contributed by atoms with van der Waals surface area (Å²) >= 11 is 0. The Balaban J connectivity index is 1.96. The van der Waals surface area contributed by atoms with Crippen LogP contribution in [0, 0.1) is 6.92 Å². The van der Waals surface area contributed by atoms with Gasteiger partial charge >= 0.3 is 0 Å². The Bertz CT molecular complexity index is 411. The van der Waals surface area contributed by atoms with Gasteiger partial charge in [0.15, 0.2) is 0 Å². The summed E-state index contributed by atoms with van der Waals surface area (Å²) in [6.45, 7) is 1.93. The van der Waals surface area contributed by atoms with Crippen molar-refractivity contribution >= 4 is 11.7 Å². The molecule has 1 aliphatic rings. The van der Waals surface area contributed by atoms with E-state index in [0.29, 0.717) is 12.2 Å². The topological polar surface area (TPSA) is 68.0 Å². The summed E-state index contributed by atoms with van der Waals surface area (Å²) in [5.41, 5.74) is 6.84. The molecular weight excluding hydrogens is 214 g/mol. The molecule has 0 saturated heterocycles. The largest absolute Gasteiger partial charge is 0.325 e. The highest BCUT2D eigenvalue weighted by atomic mass is 16.1. The number of anilines is 1. The molecule has 1 aliphatic carbocycles. The Morgan fingerprint density at radius 3 is 2.88 bits per heavy atom. The second-order valence-corrected chi connectivity index (χ2v) is 4.96. The number of rotatable bonds is 3. The molecule has 1 fully saturated rings. The van der Waals surface area contributed by atoms with Crippen molar-refractivity contribution in [3.8, 4) is 0 Å². The van der Waals surface area contributed by atoms with Gasteiger partial charge in [-0.15, -0.1) is 0 Å². The molecule has 4 heteroatoms. The predicted molar refractivity (Wildman–Crippen MR) is 67.6 cm³/mol. The van der Waals surface area contributed by atoms with Crippen LogP contribution in [-0.4, -0.2) is 16.4 Å². The first-order valence-electron chi connectivity index (χ1n) is 6.09. The van der Waals surface area contributed by atoms with Crippen molar-refractivity contribution in [1.29, 1.82) is 0 Å². The van der Waals surface area contributed by atoms with Crippen LogP contribution in [0.25, 0.3) is 0 Å². The van der Waals surface area contributed by atoms with Gasteiger partial charge in [0.25, 0.3) is 0 Å². The number of aromatic nitrogens is 1. The van der Waals surface area contributed by atoms with Crippen molar-refractivity contribution in [1.82, 2.24) is 4.98 Å². The molecule has 0 unspecified atom stereocenters. The van der Waals surface area contributed by atoms with E-state index in [-0.39, 0.29) is 11.4 Å². The van der Waals surface area contributed by atoms with Crippen molar-refractivity contribution in [3.63, 3.8) is 0 Å². The molecule has 1 heterocycles. The third kappa shape index (κ3) is 3.03. The first-order valence-corrected chi connectivity index (χ1v) is 6.09. The lowest BCUT2D eigenvalue weighted by Gasteiger charge is -2.22. The van der Waals surface area contributed by atoms with Crippen molar-refractivity contribution in [2.45, 2.75) is 44.6 Å². The molecule has 1 saturated carbocycles. The number of nitrogens with one attached hydrogen (secondary N) is 1. The van der Waals surface area contributed by atoms with Gasteiger partial charge in [-0.25, -0.2) is 4.98 Å². The number of hydrogen-bond donors (Lipinski definition) is 2. The fourth-order valence-corrected chi connectivity index (χ4v) is 2.37. The molecule has 1 aromatic rings. The molecule has 4 nitrogen and oxygen atoms in total. The number of pyridine rings is 1. The van der Waals surface area contributed by atoms with Crippen LogP contribution < -0.4 is 11.1 Å². The van der Waals surface area contributed by atoms with Crippen molar-refractivity contribution in [3.05, 3.63) is 23.9 Å². The van der Waals surface area contributed by atoms with E-state index < -0.39 is 0 Å². The smallest absolute Gasteiger partial charge is 0.227 e. The zero-order valence-electron chi connectivity index (χ0n) is 10.2. The van der Waals surface area contributed by atoms with E-state index in [2.05, 4.69) is 10.3 Å². The third-order valence-corrected chi connectivity index (χ3v) is 3.38. The van der Waals surface area contributed by atoms with Gasteiger partial charge in [0.2, 0.25) is 5.91 Å². The maximum Gasteiger partial charge on any atom is 0.227 e. The Morgan fingerprint density at radius 1 is 1.53 bits per heavy atom. The summed E-state index contributed by atoms with van der Waals surface area (Å²) in [5, 5.41) is 2.83. The average molecular weight is 233 g/mol. The minimum atomic E-state index is -0.299. The molecule has 0 aromatic carbocycles.